The van der Waals surface area contributed by atoms with E-state index >= 15 is 0 Å². The van der Waals surface area contributed by atoms with Crippen LogP contribution in [0.3, 0.4) is 0 Å². The van der Waals surface area contributed by atoms with Crippen molar-refractivity contribution in [3.05, 3.63) is 46.7 Å². The fraction of sp³-hybridized carbons (Fsp3) is 0.333. The predicted molar refractivity (Wildman–Crippen MR) is 84.4 cm³/mol. The van der Waals surface area contributed by atoms with Crippen LogP contribution >= 0.6 is 15.9 Å². The number of rotatable bonds is 3. The highest BCUT2D eigenvalue weighted by Crippen LogP contribution is 2.20. The molecule has 6 heteroatoms. The standard InChI is InChI=1S/C15H17BrN4O/c16-12-3-1-4-13(7-12)20-10-11(9-18-20)15(21)19-6-2-5-14(19)8-17/h1,3-4,7,9-10,14H,2,5-6,8,17H2. The van der Waals surface area contributed by atoms with Crippen molar-refractivity contribution < 1.29 is 4.79 Å². The molecule has 1 unspecified atom stereocenters. The summed E-state index contributed by atoms with van der Waals surface area (Å²) in [4.78, 5) is 14.4. The van der Waals surface area contributed by atoms with Crippen molar-refractivity contribution in [2.75, 3.05) is 13.1 Å². The Balaban J connectivity index is 1.83. The van der Waals surface area contributed by atoms with Crippen LogP contribution in [0.25, 0.3) is 5.69 Å². The number of halogens is 1. The first-order valence-electron chi connectivity index (χ1n) is 7.00. The number of aromatic nitrogens is 2. The SMILES string of the molecule is NCC1CCCN1C(=O)c1cnn(-c2cccc(Br)c2)c1. The van der Waals surface area contributed by atoms with Gasteiger partial charge in [0.25, 0.3) is 5.91 Å². The summed E-state index contributed by atoms with van der Waals surface area (Å²) in [6.07, 6.45) is 5.40. The number of hydrogen-bond acceptors (Lipinski definition) is 3. The molecule has 0 spiro atoms. The fourth-order valence-corrected chi connectivity index (χ4v) is 3.09. The average molecular weight is 349 g/mol. The molecule has 5 nitrogen and oxygen atoms in total. The van der Waals surface area contributed by atoms with E-state index < -0.39 is 0 Å². The normalized spacial score (nSPS) is 18.2. The lowest BCUT2D eigenvalue weighted by Gasteiger charge is -2.22. The quantitative estimate of drug-likeness (QED) is 0.924. The number of carbonyl (C=O) groups is 1. The molecular formula is C15H17BrN4O. The molecule has 1 amide bonds. The minimum absolute atomic E-state index is 0.0178. The first-order valence-corrected chi connectivity index (χ1v) is 7.80. The van der Waals surface area contributed by atoms with E-state index in [1.807, 2.05) is 29.2 Å². The second-order valence-corrected chi connectivity index (χ2v) is 6.10. The molecule has 0 bridgehead atoms. The fourth-order valence-electron chi connectivity index (χ4n) is 2.71. The summed E-state index contributed by atoms with van der Waals surface area (Å²) in [5, 5.41) is 4.29. The Bertz CT molecular complexity index is 655. The second-order valence-electron chi connectivity index (χ2n) is 5.18. The van der Waals surface area contributed by atoms with Gasteiger partial charge in [0.15, 0.2) is 0 Å². The maximum absolute atomic E-state index is 12.5. The Morgan fingerprint density at radius 2 is 2.33 bits per heavy atom. The summed E-state index contributed by atoms with van der Waals surface area (Å²) in [6, 6.07) is 7.96. The highest BCUT2D eigenvalue weighted by atomic mass is 79.9. The van der Waals surface area contributed by atoms with Crippen molar-refractivity contribution in [2.24, 2.45) is 5.73 Å². The van der Waals surface area contributed by atoms with Gasteiger partial charge in [-0.2, -0.15) is 5.10 Å². The molecule has 110 valence electrons. The van der Waals surface area contributed by atoms with E-state index in [1.165, 1.54) is 0 Å². The lowest BCUT2D eigenvalue weighted by molar-refractivity contribution is 0.0741. The minimum atomic E-state index is 0.0178. The maximum atomic E-state index is 12.5. The second kappa shape index (κ2) is 5.99. The van der Waals surface area contributed by atoms with Gasteiger partial charge in [0, 0.05) is 29.8 Å². The molecule has 1 aromatic heterocycles. The van der Waals surface area contributed by atoms with Crippen LogP contribution < -0.4 is 5.73 Å². The van der Waals surface area contributed by atoms with Gasteiger partial charge < -0.3 is 10.6 Å². The van der Waals surface area contributed by atoms with Crippen molar-refractivity contribution in [1.82, 2.24) is 14.7 Å². The lowest BCUT2D eigenvalue weighted by atomic mass is 10.2. The van der Waals surface area contributed by atoms with Gasteiger partial charge in [-0.3, -0.25) is 4.79 Å². The Morgan fingerprint density at radius 1 is 1.48 bits per heavy atom. The van der Waals surface area contributed by atoms with Gasteiger partial charge in [0.1, 0.15) is 0 Å². The molecule has 2 aromatic rings. The van der Waals surface area contributed by atoms with Gasteiger partial charge in [0.2, 0.25) is 0 Å². The van der Waals surface area contributed by atoms with Crippen LogP contribution in [0.4, 0.5) is 0 Å². The number of nitrogens with zero attached hydrogens (tertiary/aromatic N) is 3. The van der Waals surface area contributed by atoms with Crippen LogP contribution in [-0.2, 0) is 0 Å². The molecule has 0 aliphatic carbocycles. The van der Waals surface area contributed by atoms with Gasteiger partial charge >= 0.3 is 0 Å². The molecule has 1 aromatic carbocycles. The molecule has 0 saturated carbocycles. The third-order valence-electron chi connectivity index (χ3n) is 3.81. The number of benzene rings is 1. The number of carbonyl (C=O) groups excluding carboxylic acids is 1. The van der Waals surface area contributed by atoms with Gasteiger partial charge in [0.05, 0.1) is 17.4 Å². The number of hydrogen-bond donors (Lipinski definition) is 1. The van der Waals surface area contributed by atoms with Crippen LogP contribution in [0.1, 0.15) is 23.2 Å². The first-order chi connectivity index (χ1) is 10.2. The van der Waals surface area contributed by atoms with Gasteiger partial charge in [-0.25, -0.2) is 4.68 Å². The molecule has 0 radical (unpaired) electrons. The number of amides is 1. The molecule has 1 atom stereocenters. The van der Waals surface area contributed by atoms with Crippen molar-refractivity contribution in [3.63, 3.8) is 0 Å². The molecule has 21 heavy (non-hydrogen) atoms. The minimum Gasteiger partial charge on any atom is -0.334 e. The monoisotopic (exact) mass is 348 g/mol. The number of likely N-dealkylation sites (tertiary alicyclic amines) is 1. The summed E-state index contributed by atoms with van der Waals surface area (Å²) in [5.74, 6) is 0.0178. The van der Waals surface area contributed by atoms with Crippen LogP contribution in [0.5, 0.6) is 0 Å². The smallest absolute Gasteiger partial charge is 0.257 e. The zero-order valence-electron chi connectivity index (χ0n) is 11.6. The third-order valence-corrected chi connectivity index (χ3v) is 4.31. The maximum Gasteiger partial charge on any atom is 0.257 e. The van der Waals surface area contributed by atoms with E-state index in [-0.39, 0.29) is 11.9 Å². The zero-order valence-corrected chi connectivity index (χ0v) is 13.2. The van der Waals surface area contributed by atoms with E-state index in [2.05, 4.69) is 21.0 Å². The van der Waals surface area contributed by atoms with Crippen molar-refractivity contribution >= 4 is 21.8 Å². The topological polar surface area (TPSA) is 64.2 Å². The number of nitrogens with two attached hydrogens (primary N) is 1. The Hall–Kier alpha value is -1.66. The molecule has 2 heterocycles. The van der Waals surface area contributed by atoms with Crippen LogP contribution in [0, 0.1) is 0 Å². The average Bonchev–Trinajstić information content (AvgIpc) is 3.15. The first kappa shape index (κ1) is 14.3. The molecule has 2 N–H and O–H groups in total. The van der Waals surface area contributed by atoms with E-state index in [4.69, 9.17) is 5.73 Å². The van der Waals surface area contributed by atoms with Gasteiger partial charge in [-0.1, -0.05) is 22.0 Å². The summed E-state index contributed by atoms with van der Waals surface area (Å²) >= 11 is 3.44. The van der Waals surface area contributed by atoms with Crippen LogP contribution in [-0.4, -0.2) is 39.7 Å². The molecule has 1 saturated heterocycles. The van der Waals surface area contributed by atoms with Crippen LogP contribution in [0.15, 0.2) is 41.1 Å². The molecule has 1 fully saturated rings. The molecular weight excluding hydrogens is 332 g/mol. The van der Waals surface area contributed by atoms with Crippen molar-refractivity contribution in [3.8, 4) is 5.69 Å². The molecule has 3 rings (SSSR count). The Kier molecular flexibility index (Phi) is 4.07. The van der Waals surface area contributed by atoms with Gasteiger partial charge in [-0.15, -0.1) is 0 Å². The highest BCUT2D eigenvalue weighted by molar-refractivity contribution is 9.10. The zero-order chi connectivity index (χ0) is 14.8. The lowest BCUT2D eigenvalue weighted by Crippen LogP contribution is -2.39. The van der Waals surface area contributed by atoms with Gasteiger partial charge in [-0.05, 0) is 31.0 Å². The molecule has 1 aliphatic rings. The van der Waals surface area contributed by atoms with E-state index in [0.29, 0.717) is 12.1 Å². The molecule has 1 aliphatic heterocycles. The summed E-state index contributed by atoms with van der Waals surface area (Å²) < 4.78 is 2.69. The Morgan fingerprint density at radius 3 is 3.10 bits per heavy atom. The summed E-state index contributed by atoms with van der Waals surface area (Å²) in [6.45, 7) is 1.30. The van der Waals surface area contributed by atoms with Crippen molar-refractivity contribution in [1.29, 1.82) is 0 Å². The summed E-state index contributed by atoms with van der Waals surface area (Å²) in [7, 11) is 0. The third kappa shape index (κ3) is 2.87. The van der Waals surface area contributed by atoms with Crippen LogP contribution in [0.2, 0.25) is 0 Å². The highest BCUT2D eigenvalue weighted by Gasteiger charge is 2.28. The van der Waals surface area contributed by atoms with Crippen molar-refractivity contribution in [2.45, 2.75) is 18.9 Å². The van der Waals surface area contributed by atoms with E-state index in [1.54, 1.807) is 17.1 Å². The van der Waals surface area contributed by atoms with E-state index in [0.717, 1.165) is 29.5 Å². The largest absolute Gasteiger partial charge is 0.334 e. The van der Waals surface area contributed by atoms with E-state index in [9.17, 15) is 4.79 Å². The summed E-state index contributed by atoms with van der Waals surface area (Å²) in [5.41, 5.74) is 7.26. The predicted octanol–water partition coefficient (Wildman–Crippen LogP) is 2.20. The Labute approximate surface area is 131 Å².